The number of rotatable bonds is 3. The van der Waals surface area contributed by atoms with Crippen LogP contribution >= 0.6 is 0 Å². The fourth-order valence-electron chi connectivity index (χ4n) is 1.40. The van der Waals surface area contributed by atoms with Crippen LogP contribution in [0.5, 0.6) is 0 Å². The molecule has 7 heteroatoms. The second kappa shape index (κ2) is 3.86. The van der Waals surface area contributed by atoms with Gasteiger partial charge in [-0.2, -0.15) is 5.10 Å². The van der Waals surface area contributed by atoms with Crippen LogP contribution in [0.1, 0.15) is 18.6 Å². The van der Waals surface area contributed by atoms with E-state index in [1.807, 2.05) is 0 Å². The molecule has 0 aromatic carbocycles. The fourth-order valence-corrected chi connectivity index (χ4v) is 1.40. The van der Waals surface area contributed by atoms with Gasteiger partial charge in [-0.15, -0.1) is 0 Å². The number of hydrogen-bond donors (Lipinski definition) is 1. The number of nitro groups is 1. The molecular weight excluding hydrogens is 212 g/mol. The van der Waals surface area contributed by atoms with Gasteiger partial charge in [0, 0.05) is 23.6 Å². The van der Waals surface area contributed by atoms with Crippen molar-refractivity contribution in [2.75, 3.05) is 0 Å². The molecule has 0 unspecified atom stereocenters. The zero-order chi connectivity index (χ0) is 11.7. The van der Waals surface area contributed by atoms with Crippen LogP contribution in [0.3, 0.4) is 0 Å². The summed E-state index contributed by atoms with van der Waals surface area (Å²) in [6.07, 6.45) is 1.76. The molecule has 84 valence electrons. The first-order chi connectivity index (χ1) is 7.59. The van der Waals surface area contributed by atoms with E-state index in [1.165, 1.54) is 24.0 Å². The Bertz CT molecular complexity index is 524. The Morgan fingerprint density at radius 2 is 2.31 bits per heavy atom. The largest absolute Gasteiger partial charge is 0.381 e. The fraction of sp³-hybridized carbons (Fsp3) is 0.333. The molecule has 0 aliphatic rings. The van der Waals surface area contributed by atoms with E-state index < -0.39 is 17.1 Å². The number of aromatic nitrogens is 3. The minimum atomic E-state index is -1.15. The molecule has 0 aliphatic heterocycles. The van der Waals surface area contributed by atoms with Crippen LogP contribution in [0.4, 0.5) is 0 Å². The molecule has 0 amide bonds. The van der Waals surface area contributed by atoms with Crippen molar-refractivity contribution in [3.05, 3.63) is 40.3 Å². The highest BCUT2D eigenvalue weighted by molar-refractivity contribution is 5.37. The summed E-state index contributed by atoms with van der Waals surface area (Å²) in [6, 6.07) is 2.20. The van der Waals surface area contributed by atoms with Gasteiger partial charge in [0.15, 0.2) is 5.65 Å². The molecule has 0 saturated carbocycles. The molecule has 7 nitrogen and oxygen atoms in total. The summed E-state index contributed by atoms with van der Waals surface area (Å²) in [5, 5.41) is 24.2. The van der Waals surface area contributed by atoms with Gasteiger partial charge in [0.2, 0.25) is 6.04 Å². The molecule has 0 aliphatic carbocycles. The van der Waals surface area contributed by atoms with Crippen molar-refractivity contribution in [1.82, 2.24) is 14.6 Å². The Hall–Kier alpha value is -2.02. The topological polar surface area (TPSA) is 93.6 Å². The molecule has 0 bridgehead atoms. The Morgan fingerprint density at radius 3 is 3.00 bits per heavy atom. The van der Waals surface area contributed by atoms with Crippen LogP contribution < -0.4 is 0 Å². The summed E-state index contributed by atoms with van der Waals surface area (Å²) in [6.45, 7) is 1.36. The average molecular weight is 222 g/mol. The van der Waals surface area contributed by atoms with Gasteiger partial charge in [-0.25, -0.2) is 9.50 Å². The van der Waals surface area contributed by atoms with Crippen LogP contribution in [-0.4, -0.2) is 30.7 Å². The molecule has 2 aromatic rings. The molecule has 2 aromatic heterocycles. The summed E-state index contributed by atoms with van der Waals surface area (Å²) in [7, 11) is 0. The Morgan fingerprint density at radius 1 is 1.56 bits per heavy atom. The first kappa shape index (κ1) is 10.5. The highest BCUT2D eigenvalue weighted by atomic mass is 16.6. The maximum Gasteiger partial charge on any atom is 0.240 e. The second-order valence-corrected chi connectivity index (χ2v) is 3.50. The summed E-state index contributed by atoms with van der Waals surface area (Å²) in [5.74, 6) is 0. The third kappa shape index (κ3) is 1.72. The monoisotopic (exact) mass is 222 g/mol. The third-order valence-electron chi connectivity index (χ3n) is 2.43. The molecule has 1 N–H and O–H groups in total. The molecule has 0 radical (unpaired) electrons. The van der Waals surface area contributed by atoms with Gasteiger partial charge in [-0.05, 0) is 6.07 Å². The Balaban J connectivity index is 2.35. The number of hydrogen-bond acceptors (Lipinski definition) is 5. The molecule has 16 heavy (non-hydrogen) atoms. The van der Waals surface area contributed by atoms with Gasteiger partial charge in [-0.3, -0.25) is 10.1 Å². The van der Waals surface area contributed by atoms with E-state index in [4.69, 9.17) is 0 Å². The predicted molar refractivity (Wildman–Crippen MR) is 54.4 cm³/mol. The lowest BCUT2D eigenvalue weighted by atomic mass is 10.1. The molecule has 0 fully saturated rings. The van der Waals surface area contributed by atoms with E-state index in [9.17, 15) is 15.2 Å². The van der Waals surface area contributed by atoms with Crippen molar-refractivity contribution in [1.29, 1.82) is 0 Å². The minimum absolute atomic E-state index is 0.446. The van der Waals surface area contributed by atoms with E-state index in [1.54, 1.807) is 12.1 Å². The Kier molecular flexibility index (Phi) is 2.53. The smallest absolute Gasteiger partial charge is 0.240 e. The number of nitrogens with zero attached hydrogens (tertiary/aromatic N) is 4. The number of pyridine rings is 1. The van der Waals surface area contributed by atoms with Crippen molar-refractivity contribution in [3.63, 3.8) is 0 Å². The predicted octanol–water partition coefficient (Wildman–Crippen LogP) is 0.428. The lowest BCUT2D eigenvalue weighted by Gasteiger charge is -2.12. The number of aliphatic hydroxyl groups excluding tert-OH is 1. The SMILES string of the molecule is C[C@H]([C@@H](O)c1ccc2ncnn2c1)[N+](=O)[O-]. The van der Waals surface area contributed by atoms with E-state index in [0.29, 0.717) is 11.2 Å². The minimum Gasteiger partial charge on any atom is -0.381 e. The maximum atomic E-state index is 10.5. The molecule has 0 saturated heterocycles. The van der Waals surface area contributed by atoms with Crippen molar-refractivity contribution < 1.29 is 10.0 Å². The second-order valence-electron chi connectivity index (χ2n) is 3.50. The zero-order valence-electron chi connectivity index (χ0n) is 8.52. The van der Waals surface area contributed by atoms with Gasteiger partial charge >= 0.3 is 0 Å². The first-order valence-electron chi connectivity index (χ1n) is 4.70. The average Bonchev–Trinajstić information content (AvgIpc) is 2.73. The molecule has 2 heterocycles. The molecular formula is C9H10N4O3. The third-order valence-corrected chi connectivity index (χ3v) is 2.43. The lowest BCUT2D eigenvalue weighted by molar-refractivity contribution is -0.531. The van der Waals surface area contributed by atoms with Gasteiger partial charge in [0.05, 0.1) is 0 Å². The first-order valence-corrected chi connectivity index (χ1v) is 4.70. The molecule has 2 rings (SSSR count). The number of aliphatic hydroxyl groups is 1. The van der Waals surface area contributed by atoms with Gasteiger partial charge < -0.3 is 5.11 Å². The van der Waals surface area contributed by atoms with E-state index in [-0.39, 0.29) is 0 Å². The van der Waals surface area contributed by atoms with Crippen molar-refractivity contribution in [2.24, 2.45) is 0 Å². The normalized spacial score (nSPS) is 14.9. The van der Waals surface area contributed by atoms with Crippen LogP contribution in [0.2, 0.25) is 0 Å². The van der Waals surface area contributed by atoms with Crippen molar-refractivity contribution in [3.8, 4) is 0 Å². The molecule has 2 atom stereocenters. The van der Waals surface area contributed by atoms with Crippen molar-refractivity contribution in [2.45, 2.75) is 19.1 Å². The summed E-state index contributed by atoms with van der Waals surface area (Å²) in [5.41, 5.74) is 1.08. The van der Waals surface area contributed by atoms with Crippen molar-refractivity contribution >= 4 is 5.65 Å². The zero-order valence-corrected chi connectivity index (χ0v) is 8.52. The highest BCUT2D eigenvalue weighted by Crippen LogP contribution is 2.18. The quantitative estimate of drug-likeness (QED) is 0.600. The van der Waals surface area contributed by atoms with Gasteiger partial charge in [0.25, 0.3) is 0 Å². The van der Waals surface area contributed by atoms with E-state index in [0.717, 1.165) is 0 Å². The number of fused-ring (bicyclic) bond motifs is 1. The van der Waals surface area contributed by atoms with Crippen LogP contribution in [0.25, 0.3) is 5.65 Å². The summed E-state index contributed by atoms with van der Waals surface area (Å²) in [4.78, 5) is 14.0. The lowest BCUT2D eigenvalue weighted by Crippen LogP contribution is -2.24. The summed E-state index contributed by atoms with van der Waals surface area (Å²) >= 11 is 0. The molecule has 0 spiro atoms. The van der Waals surface area contributed by atoms with Crippen LogP contribution in [-0.2, 0) is 0 Å². The highest BCUT2D eigenvalue weighted by Gasteiger charge is 2.26. The summed E-state index contributed by atoms with van der Waals surface area (Å²) < 4.78 is 1.46. The Labute approximate surface area is 90.5 Å². The van der Waals surface area contributed by atoms with Gasteiger partial charge in [0.1, 0.15) is 12.4 Å². The van der Waals surface area contributed by atoms with E-state index >= 15 is 0 Å². The van der Waals surface area contributed by atoms with Crippen LogP contribution in [0, 0.1) is 10.1 Å². The standard InChI is InChI=1S/C9H10N4O3/c1-6(13(15)16)9(14)7-2-3-8-10-5-11-12(8)4-7/h2-6,9,14H,1H3/t6-,9-/m1/s1. The van der Waals surface area contributed by atoms with Gasteiger partial charge in [-0.1, -0.05) is 6.07 Å². The van der Waals surface area contributed by atoms with E-state index in [2.05, 4.69) is 10.1 Å². The van der Waals surface area contributed by atoms with Crippen LogP contribution in [0.15, 0.2) is 24.7 Å². The maximum absolute atomic E-state index is 10.5.